The Morgan fingerprint density at radius 2 is 2.05 bits per heavy atom. The number of hydrogen-bond acceptors (Lipinski definition) is 3. The topological polar surface area (TPSA) is 79.3 Å². The number of carboxylic acid groups (broad SMARTS) is 1. The van der Waals surface area contributed by atoms with Crippen LogP contribution in [0.4, 0.5) is 0 Å². The van der Waals surface area contributed by atoms with Crippen LogP contribution < -0.4 is 5.32 Å². The molecule has 0 aliphatic carbocycles. The van der Waals surface area contributed by atoms with Crippen molar-refractivity contribution in [3.63, 3.8) is 0 Å². The summed E-state index contributed by atoms with van der Waals surface area (Å²) in [5, 5.41) is 11.5. The highest BCUT2D eigenvalue weighted by atomic mass is 16.4. The SMILES string of the molecule is Cc1cc(C(=O)NCCC(C)(C)CCC(=O)O)ccn1. The largest absolute Gasteiger partial charge is 0.481 e. The lowest BCUT2D eigenvalue weighted by Crippen LogP contribution is -2.28. The van der Waals surface area contributed by atoms with E-state index in [4.69, 9.17) is 5.11 Å². The first kappa shape index (κ1) is 16.1. The average Bonchev–Trinajstić information content (AvgIpc) is 2.36. The monoisotopic (exact) mass is 278 g/mol. The third-order valence-corrected chi connectivity index (χ3v) is 3.26. The lowest BCUT2D eigenvalue weighted by Gasteiger charge is -2.23. The minimum absolute atomic E-state index is 0.0974. The maximum atomic E-state index is 11.9. The number of carboxylic acids is 1. The van der Waals surface area contributed by atoms with Crippen LogP contribution in [0.25, 0.3) is 0 Å². The first-order valence-corrected chi connectivity index (χ1v) is 6.73. The lowest BCUT2D eigenvalue weighted by molar-refractivity contribution is -0.137. The fourth-order valence-corrected chi connectivity index (χ4v) is 1.87. The molecule has 1 amide bonds. The molecule has 20 heavy (non-hydrogen) atoms. The average molecular weight is 278 g/mol. The number of rotatable bonds is 7. The van der Waals surface area contributed by atoms with Crippen LogP contribution in [0.5, 0.6) is 0 Å². The van der Waals surface area contributed by atoms with Gasteiger partial charge in [0.15, 0.2) is 0 Å². The summed E-state index contributed by atoms with van der Waals surface area (Å²) in [4.78, 5) is 26.5. The highest BCUT2D eigenvalue weighted by Crippen LogP contribution is 2.26. The Morgan fingerprint density at radius 1 is 1.35 bits per heavy atom. The molecule has 0 atom stereocenters. The fraction of sp³-hybridized carbons (Fsp3) is 0.533. The van der Waals surface area contributed by atoms with Crippen LogP contribution in [0.2, 0.25) is 0 Å². The van der Waals surface area contributed by atoms with Crippen molar-refractivity contribution in [3.8, 4) is 0 Å². The van der Waals surface area contributed by atoms with E-state index in [0.29, 0.717) is 18.5 Å². The first-order chi connectivity index (χ1) is 9.30. The van der Waals surface area contributed by atoms with Gasteiger partial charge in [-0.15, -0.1) is 0 Å². The summed E-state index contributed by atoms with van der Waals surface area (Å²) in [6.07, 6.45) is 3.12. The number of carbonyl (C=O) groups is 2. The second-order valence-corrected chi connectivity index (χ2v) is 5.75. The molecule has 0 aliphatic heterocycles. The van der Waals surface area contributed by atoms with Gasteiger partial charge in [-0.3, -0.25) is 14.6 Å². The molecular weight excluding hydrogens is 256 g/mol. The quantitative estimate of drug-likeness (QED) is 0.802. The normalized spacial score (nSPS) is 11.2. The van der Waals surface area contributed by atoms with Gasteiger partial charge in [-0.05, 0) is 37.3 Å². The Morgan fingerprint density at radius 3 is 2.65 bits per heavy atom. The number of carbonyl (C=O) groups excluding carboxylic acids is 1. The first-order valence-electron chi connectivity index (χ1n) is 6.73. The molecule has 0 saturated carbocycles. The molecular formula is C15H22N2O3. The standard InChI is InChI=1S/C15H22N2O3/c1-11-10-12(5-8-16-11)14(20)17-9-7-15(2,3)6-4-13(18)19/h5,8,10H,4,6-7,9H2,1-3H3,(H,17,20)(H,18,19). The minimum atomic E-state index is -0.783. The van der Waals surface area contributed by atoms with Gasteiger partial charge < -0.3 is 10.4 Å². The summed E-state index contributed by atoms with van der Waals surface area (Å²) in [7, 11) is 0. The van der Waals surface area contributed by atoms with Gasteiger partial charge in [0.1, 0.15) is 0 Å². The molecule has 0 unspecified atom stereocenters. The third-order valence-electron chi connectivity index (χ3n) is 3.26. The van der Waals surface area contributed by atoms with E-state index >= 15 is 0 Å². The molecule has 0 fully saturated rings. The van der Waals surface area contributed by atoms with E-state index in [-0.39, 0.29) is 17.7 Å². The number of aromatic nitrogens is 1. The predicted molar refractivity (Wildman–Crippen MR) is 76.6 cm³/mol. The van der Waals surface area contributed by atoms with Crippen LogP contribution in [0.3, 0.4) is 0 Å². The molecule has 0 bridgehead atoms. The van der Waals surface area contributed by atoms with E-state index in [1.165, 1.54) is 0 Å². The van der Waals surface area contributed by atoms with Gasteiger partial charge in [-0.25, -0.2) is 0 Å². The Kier molecular flexibility index (Phi) is 5.67. The Bertz CT molecular complexity index is 484. The summed E-state index contributed by atoms with van der Waals surface area (Å²) < 4.78 is 0. The minimum Gasteiger partial charge on any atom is -0.481 e. The van der Waals surface area contributed by atoms with Crippen LogP contribution in [-0.2, 0) is 4.79 Å². The van der Waals surface area contributed by atoms with Crippen LogP contribution in [0.1, 0.15) is 49.2 Å². The zero-order valence-electron chi connectivity index (χ0n) is 12.3. The summed E-state index contributed by atoms with van der Waals surface area (Å²) in [5.41, 5.74) is 1.31. The highest BCUT2D eigenvalue weighted by molar-refractivity contribution is 5.94. The van der Waals surface area contributed by atoms with Crippen molar-refractivity contribution in [2.24, 2.45) is 5.41 Å². The second-order valence-electron chi connectivity index (χ2n) is 5.75. The molecule has 5 heteroatoms. The molecule has 0 radical (unpaired) electrons. The van der Waals surface area contributed by atoms with Crippen molar-refractivity contribution >= 4 is 11.9 Å². The molecule has 0 saturated heterocycles. The van der Waals surface area contributed by atoms with Gasteiger partial charge >= 0.3 is 5.97 Å². The number of aryl methyl sites for hydroxylation is 1. The smallest absolute Gasteiger partial charge is 0.303 e. The van der Waals surface area contributed by atoms with Crippen molar-refractivity contribution < 1.29 is 14.7 Å². The van der Waals surface area contributed by atoms with E-state index in [1.54, 1.807) is 18.3 Å². The molecule has 0 aromatic carbocycles. The summed E-state index contributed by atoms with van der Waals surface area (Å²) in [6.45, 7) is 6.40. The van der Waals surface area contributed by atoms with Crippen molar-refractivity contribution in [3.05, 3.63) is 29.6 Å². The van der Waals surface area contributed by atoms with E-state index in [9.17, 15) is 9.59 Å². The Balaban J connectivity index is 2.40. The van der Waals surface area contributed by atoms with Crippen LogP contribution in [0, 0.1) is 12.3 Å². The van der Waals surface area contributed by atoms with E-state index < -0.39 is 5.97 Å². The van der Waals surface area contributed by atoms with Gasteiger partial charge in [-0.1, -0.05) is 13.8 Å². The predicted octanol–water partition coefficient (Wildman–Crippen LogP) is 2.40. The van der Waals surface area contributed by atoms with Crippen molar-refractivity contribution in [1.29, 1.82) is 0 Å². The Labute approximate surface area is 119 Å². The van der Waals surface area contributed by atoms with E-state index in [0.717, 1.165) is 12.1 Å². The second kappa shape index (κ2) is 7.03. The van der Waals surface area contributed by atoms with Gasteiger partial charge in [0.25, 0.3) is 5.91 Å². The van der Waals surface area contributed by atoms with Crippen LogP contribution >= 0.6 is 0 Å². The fourth-order valence-electron chi connectivity index (χ4n) is 1.87. The maximum Gasteiger partial charge on any atom is 0.303 e. The molecule has 2 N–H and O–H groups in total. The van der Waals surface area contributed by atoms with Gasteiger partial charge in [0.05, 0.1) is 0 Å². The molecule has 1 heterocycles. The highest BCUT2D eigenvalue weighted by Gasteiger charge is 2.19. The number of nitrogens with one attached hydrogen (secondary N) is 1. The van der Waals surface area contributed by atoms with Gasteiger partial charge in [0.2, 0.25) is 0 Å². The lowest BCUT2D eigenvalue weighted by atomic mass is 9.84. The van der Waals surface area contributed by atoms with Crippen molar-refractivity contribution in [2.75, 3.05) is 6.54 Å². The van der Waals surface area contributed by atoms with E-state index in [2.05, 4.69) is 10.3 Å². The van der Waals surface area contributed by atoms with Crippen LogP contribution in [0.15, 0.2) is 18.3 Å². The summed E-state index contributed by atoms with van der Waals surface area (Å²) >= 11 is 0. The Hall–Kier alpha value is -1.91. The van der Waals surface area contributed by atoms with Crippen molar-refractivity contribution in [2.45, 2.75) is 40.0 Å². The zero-order valence-corrected chi connectivity index (χ0v) is 12.3. The molecule has 1 aromatic heterocycles. The van der Waals surface area contributed by atoms with E-state index in [1.807, 2.05) is 20.8 Å². The molecule has 0 spiro atoms. The number of amides is 1. The number of aliphatic carboxylic acids is 1. The number of hydrogen-bond donors (Lipinski definition) is 2. The zero-order chi connectivity index (χ0) is 15.2. The number of pyridine rings is 1. The van der Waals surface area contributed by atoms with Gasteiger partial charge in [0, 0.05) is 30.4 Å². The maximum absolute atomic E-state index is 11.9. The molecule has 5 nitrogen and oxygen atoms in total. The molecule has 1 rings (SSSR count). The summed E-state index contributed by atoms with van der Waals surface area (Å²) in [5.74, 6) is -0.904. The van der Waals surface area contributed by atoms with Crippen molar-refractivity contribution in [1.82, 2.24) is 10.3 Å². The summed E-state index contributed by atoms with van der Waals surface area (Å²) in [6, 6.07) is 3.42. The molecule has 0 aliphatic rings. The molecule has 110 valence electrons. The van der Waals surface area contributed by atoms with Gasteiger partial charge in [-0.2, -0.15) is 0 Å². The number of nitrogens with zero attached hydrogens (tertiary/aromatic N) is 1. The van der Waals surface area contributed by atoms with Crippen LogP contribution in [-0.4, -0.2) is 28.5 Å². The molecule has 1 aromatic rings. The third kappa shape index (κ3) is 5.82.